The Morgan fingerprint density at radius 3 is 2.23 bits per heavy atom. The van der Waals surface area contributed by atoms with E-state index in [0.717, 1.165) is 17.4 Å². The number of rotatable bonds is 6. The van der Waals surface area contributed by atoms with Crippen LogP contribution < -0.4 is 5.32 Å². The maximum atomic E-state index is 13.4. The number of aliphatic carboxylic acids is 1. The van der Waals surface area contributed by atoms with Gasteiger partial charge in [-0.2, -0.15) is 26.3 Å². The molecule has 0 unspecified atom stereocenters. The zero-order valence-corrected chi connectivity index (χ0v) is 22.0. The molecule has 40 heavy (non-hydrogen) atoms. The lowest BCUT2D eigenvalue weighted by atomic mass is 9.80. The molecule has 0 radical (unpaired) electrons. The largest absolute Gasteiger partial charge is 0.481 e. The van der Waals surface area contributed by atoms with E-state index in [-0.39, 0.29) is 45.6 Å². The van der Waals surface area contributed by atoms with Crippen LogP contribution in [0.3, 0.4) is 0 Å². The van der Waals surface area contributed by atoms with Crippen LogP contribution in [0.5, 0.6) is 0 Å². The van der Waals surface area contributed by atoms with Gasteiger partial charge in [-0.25, -0.2) is 4.98 Å². The minimum atomic E-state index is -6.07. The molecule has 2 aromatic rings. The molecule has 1 aliphatic heterocycles. The highest BCUT2D eigenvalue weighted by atomic mass is 32.1. The van der Waals surface area contributed by atoms with E-state index in [1.54, 1.807) is 0 Å². The molecular formula is C25H25F6N3O5S. The molecule has 1 saturated carbocycles. The van der Waals surface area contributed by atoms with E-state index < -0.39 is 53.3 Å². The summed E-state index contributed by atoms with van der Waals surface area (Å²) in [5.41, 5.74) is -6.81. The summed E-state index contributed by atoms with van der Waals surface area (Å²) in [4.78, 5) is 43.2. The second kappa shape index (κ2) is 10.3. The van der Waals surface area contributed by atoms with Crippen LogP contribution in [0.1, 0.15) is 64.0 Å². The van der Waals surface area contributed by atoms with Gasteiger partial charge in [-0.05, 0) is 50.7 Å². The van der Waals surface area contributed by atoms with Gasteiger partial charge in [0.15, 0.2) is 5.01 Å². The summed E-state index contributed by atoms with van der Waals surface area (Å²) in [7, 11) is 0. The van der Waals surface area contributed by atoms with E-state index >= 15 is 0 Å². The normalized spacial score (nSPS) is 21.7. The average Bonchev–Trinajstić information content (AvgIpc) is 3.45. The van der Waals surface area contributed by atoms with Crippen molar-refractivity contribution in [3.05, 3.63) is 40.0 Å². The summed E-state index contributed by atoms with van der Waals surface area (Å²) < 4.78 is 80.5. The monoisotopic (exact) mass is 593 g/mol. The zero-order valence-electron chi connectivity index (χ0n) is 21.2. The number of alkyl halides is 6. The average molecular weight is 594 g/mol. The van der Waals surface area contributed by atoms with E-state index in [4.69, 9.17) is 5.11 Å². The van der Waals surface area contributed by atoms with Crippen molar-refractivity contribution in [1.29, 1.82) is 0 Å². The van der Waals surface area contributed by atoms with Gasteiger partial charge in [0.25, 0.3) is 17.4 Å². The third-order valence-corrected chi connectivity index (χ3v) is 8.46. The first-order valence-electron chi connectivity index (χ1n) is 12.3. The Kier molecular flexibility index (Phi) is 7.69. The molecule has 1 saturated heterocycles. The number of aryl methyl sites for hydroxylation is 1. The molecule has 2 amide bonds. The second-order valence-corrected chi connectivity index (χ2v) is 11.1. The SMILES string of the molecule is Cc1cc(C(O)(C(F)(F)F)C(F)(F)F)ccc1-c1sc(C(=O)NC2CC(C(=O)O)C2)nc1C(=O)N1CCC[C@@H]1C. The minimum Gasteiger partial charge on any atom is -0.481 e. The zero-order chi connectivity index (χ0) is 29.8. The van der Waals surface area contributed by atoms with Gasteiger partial charge in [0.1, 0.15) is 5.69 Å². The van der Waals surface area contributed by atoms with Gasteiger partial charge >= 0.3 is 18.3 Å². The van der Waals surface area contributed by atoms with E-state index in [2.05, 4.69) is 10.3 Å². The van der Waals surface area contributed by atoms with Crippen molar-refractivity contribution in [3.8, 4) is 10.4 Å². The van der Waals surface area contributed by atoms with Gasteiger partial charge in [-0.1, -0.05) is 18.2 Å². The first kappa shape index (κ1) is 29.8. The van der Waals surface area contributed by atoms with Gasteiger partial charge in [-0.15, -0.1) is 11.3 Å². The molecule has 2 fully saturated rings. The van der Waals surface area contributed by atoms with Crippen molar-refractivity contribution in [2.45, 2.75) is 69.6 Å². The molecule has 3 N–H and O–H groups in total. The fourth-order valence-electron chi connectivity index (χ4n) is 4.93. The van der Waals surface area contributed by atoms with Crippen LogP contribution in [0.4, 0.5) is 26.3 Å². The number of amides is 2. The molecule has 2 heterocycles. The number of aromatic nitrogens is 1. The van der Waals surface area contributed by atoms with Crippen LogP contribution in [0.25, 0.3) is 10.4 Å². The molecule has 8 nitrogen and oxygen atoms in total. The molecule has 0 bridgehead atoms. The first-order valence-corrected chi connectivity index (χ1v) is 13.1. The van der Waals surface area contributed by atoms with E-state index in [0.29, 0.717) is 31.5 Å². The summed E-state index contributed by atoms with van der Waals surface area (Å²) in [5, 5.41) is 21.3. The van der Waals surface area contributed by atoms with Crippen molar-refractivity contribution in [2.75, 3.05) is 6.54 Å². The molecule has 1 aliphatic carbocycles. The predicted molar refractivity (Wildman–Crippen MR) is 130 cm³/mol. The van der Waals surface area contributed by atoms with Crippen LogP contribution in [-0.4, -0.2) is 68.9 Å². The van der Waals surface area contributed by atoms with Crippen LogP contribution >= 0.6 is 11.3 Å². The Balaban J connectivity index is 1.74. The first-order chi connectivity index (χ1) is 18.5. The number of thiazole rings is 1. The van der Waals surface area contributed by atoms with Crippen LogP contribution in [0.15, 0.2) is 18.2 Å². The lowest BCUT2D eigenvalue weighted by Gasteiger charge is -2.33. The fourth-order valence-corrected chi connectivity index (χ4v) is 5.98. The van der Waals surface area contributed by atoms with Crippen molar-refractivity contribution >= 4 is 29.1 Å². The van der Waals surface area contributed by atoms with Gasteiger partial charge in [0.2, 0.25) is 0 Å². The molecule has 15 heteroatoms. The van der Waals surface area contributed by atoms with E-state index in [1.807, 2.05) is 6.92 Å². The number of hydrogen-bond donors (Lipinski definition) is 3. The van der Waals surface area contributed by atoms with Crippen LogP contribution in [-0.2, 0) is 10.4 Å². The van der Waals surface area contributed by atoms with Gasteiger partial charge in [-0.3, -0.25) is 14.4 Å². The minimum absolute atomic E-state index is 0.0665. The number of halogens is 6. The molecule has 4 rings (SSSR count). The highest BCUT2D eigenvalue weighted by molar-refractivity contribution is 7.17. The van der Waals surface area contributed by atoms with Crippen molar-refractivity contribution < 1.29 is 50.9 Å². The molecule has 1 aromatic heterocycles. The number of likely N-dealkylation sites (tertiary alicyclic amines) is 1. The number of nitrogens with one attached hydrogen (secondary N) is 1. The lowest BCUT2D eigenvalue weighted by Crippen LogP contribution is -2.53. The maximum Gasteiger partial charge on any atom is 0.430 e. The predicted octanol–water partition coefficient (Wildman–Crippen LogP) is 4.65. The van der Waals surface area contributed by atoms with Crippen molar-refractivity contribution in [3.63, 3.8) is 0 Å². The second-order valence-electron chi connectivity index (χ2n) is 10.1. The third kappa shape index (κ3) is 5.16. The van der Waals surface area contributed by atoms with Crippen LogP contribution in [0.2, 0.25) is 0 Å². The van der Waals surface area contributed by atoms with Gasteiger partial charge < -0.3 is 20.4 Å². The van der Waals surface area contributed by atoms with Gasteiger partial charge in [0, 0.05) is 24.2 Å². The number of hydrogen-bond acceptors (Lipinski definition) is 6. The lowest BCUT2D eigenvalue weighted by molar-refractivity contribution is -0.376. The number of benzene rings is 1. The number of aliphatic hydroxyl groups is 1. The summed E-state index contributed by atoms with van der Waals surface area (Å²) in [5.74, 6) is -2.82. The van der Waals surface area contributed by atoms with E-state index in [1.165, 1.54) is 11.8 Å². The maximum absolute atomic E-state index is 13.4. The molecule has 218 valence electrons. The molecule has 2 aliphatic rings. The van der Waals surface area contributed by atoms with Gasteiger partial charge in [0.05, 0.1) is 10.8 Å². The fraction of sp³-hybridized carbons (Fsp3) is 0.520. The number of nitrogens with zero attached hydrogens (tertiary/aromatic N) is 2. The van der Waals surface area contributed by atoms with Crippen molar-refractivity contribution in [1.82, 2.24) is 15.2 Å². The number of carbonyl (C=O) groups excluding carboxylic acids is 2. The Labute approximate surface area is 228 Å². The standard InChI is InChI=1S/C25H25F6N3O5S/c1-11-8-14(23(39,24(26,27)28)25(29,30)31)5-6-16(11)18-17(21(36)34-7-3-4-12(34)2)33-20(40-18)19(35)32-15-9-13(10-15)22(37)38/h5-6,8,12-13,15,39H,3-4,7,9-10H2,1-2H3,(H,32,35)(H,37,38)/t12-,13?,15?/m0/s1. The molecule has 0 spiro atoms. The Hall–Kier alpha value is -3.20. The highest BCUT2D eigenvalue weighted by Crippen LogP contribution is 2.50. The molecule has 1 aromatic carbocycles. The quantitative estimate of drug-likeness (QED) is 0.420. The number of carboxylic acids is 1. The summed E-state index contributed by atoms with van der Waals surface area (Å²) in [6.07, 6.45) is -10.3. The third-order valence-electron chi connectivity index (χ3n) is 7.37. The Bertz CT molecular complexity index is 1320. The summed E-state index contributed by atoms with van der Waals surface area (Å²) in [6.45, 7) is 3.44. The van der Waals surface area contributed by atoms with Crippen LogP contribution in [0, 0.1) is 12.8 Å². The Morgan fingerprint density at radius 1 is 1.10 bits per heavy atom. The topological polar surface area (TPSA) is 120 Å². The highest BCUT2D eigenvalue weighted by Gasteiger charge is 2.71. The summed E-state index contributed by atoms with van der Waals surface area (Å²) >= 11 is 0.737. The van der Waals surface area contributed by atoms with E-state index in [9.17, 15) is 45.8 Å². The number of carbonyl (C=O) groups is 3. The summed E-state index contributed by atoms with van der Waals surface area (Å²) in [6, 6.07) is 1.37. The smallest absolute Gasteiger partial charge is 0.430 e. The number of carboxylic acid groups (broad SMARTS) is 1. The Morgan fingerprint density at radius 2 is 1.73 bits per heavy atom. The molecule has 1 atom stereocenters. The van der Waals surface area contributed by atoms with Crippen molar-refractivity contribution in [2.24, 2.45) is 5.92 Å². The molecular weight excluding hydrogens is 568 g/mol.